The lowest BCUT2D eigenvalue weighted by molar-refractivity contribution is 0.309. The Morgan fingerprint density at radius 3 is 2.19 bits per heavy atom. The molecule has 1 unspecified atom stereocenters. The summed E-state index contributed by atoms with van der Waals surface area (Å²) in [6.45, 7) is 1.10. The predicted molar refractivity (Wildman–Crippen MR) is 99.3 cm³/mol. The highest BCUT2D eigenvalue weighted by molar-refractivity contribution is 5.34. The normalized spacial score (nSPS) is 11.5. The zero-order chi connectivity index (χ0) is 18.2. The zero-order valence-electron chi connectivity index (χ0n) is 14.2. The van der Waals surface area contributed by atoms with Gasteiger partial charge in [0.25, 0.3) is 0 Å². The van der Waals surface area contributed by atoms with Crippen molar-refractivity contribution in [3.63, 3.8) is 0 Å². The molecule has 0 amide bonds. The molecule has 0 saturated carbocycles. The summed E-state index contributed by atoms with van der Waals surface area (Å²) in [5.41, 5.74) is 2.71. The third-order valence-corrected chi connectivity index (χ3v) is 4.04. The minimum absolute atomic E-state index is 0.0404. The van der Waals surface area contributed by atoms with Gasteiger partial charge < -0.3 is 10.1 Å². The quantitative estimate of drug-likeness (QED) is 0.643. The molecule has 3 aromatic rings. The average molecular weight is 346 g/mol. The van der Waals surface area contributed by atoms with E-state index in [9.17, 15) is 4.39 Å². The monoisotopic (exact) mass is 346 g/mol. The number of benzene rings is 3. The molecule has 0 fully saturated rings. The van der Waals surface area contributed by atoms with Crippen molar-refractivity contribution in [3.05, 3.63) is 101 Å². The maximum Gasteiger partial charge on any atom is 0.123 e. The fraction of sp³-hybridized carbons (Fsp3) is 0.136. The lowest BCUT2D eigenvalue weighted by Crippen LogP contribution is -2.27. The van der Waals surface area contributed by atoms with Crippen LogP contribution in [0.15, 0.2) is 78.9 Å². The fourth-order valence-electron chi connectivity index (χ4n) is 2.73. The van der Waals surface area contributed by atoms with Crippen molar-refractivity contribution in [2.45, 2.75) is 6.04 Å². The lowest BCUT2D eigenvalue weighted by atomic mass is 9.99. The number of nitriles is 1. The predicted octanol–water partition coefficient (Wildman–Crippen LogP) is 4.46. The zero-order valence-corrected chi connectivity index (χ0v) is 14.2. The van der Waals surface area contributed by atoms with Gasteiger partial charge in [-0.2, -0.15) is 5.26 Å². The molecule has 0 aliphatic rings. The van der Waals surface area contributed by atoms with E-state index in [2.05, 4.69) is 11.4 Å². The summed E-state index contributed by atoms with van der Waals surface area (Å²) < 4.78 is 19.0. The van der Waals surface area contributed by atoms with Crippen LogP contribution in [0, 0.1) is 17.1 Å². The van der Waals surface area contributed by atoms with Crippen LogP contribution in [0.1, 0.15) is 22.7 Å². The van der Waals surface area contributed by atoms with Crippen LogP contribution in [-0.4, -0.2) is 13.2 Å². The number of ether oxygens (including phenoxy) is 1. The van der Waals surface area contributed by atoms with E-state index in [4.69, 9.17) is 10.00 Å². The van der Waals surface area contributed by atoms with Gasteiger partial charge in [0.05, 0.1) is 17.7 Å². The first-order valence-corrected chi connectivity index (χ1v) is 8.43. The van der Waals surface area contributed by atoms with Gasteiger partial charge >= 0.3 is 0 Å². The third kappa shape index (κ3) is 4.69. The van der Waals surface area contributed by atoms with Crippen molar-refractivity contribution < 1.29 is 9.13 Å². The second-order valence-electron chi connectivity index (χ2n) is 5.83. The van der Waals surface area contributed by atoms with Crippen molar-refractivity contribution in [3.8, 4) is 11.8 Å². The molecule has 0 spiro atoms. The van der Waals surface area contributed by atoms with Crippen LogP contribution in [0.4, 0.5) is 4.39 Å². The van der Waals surface area contributed by atoms with Crippen LogP contribution >= 0.6 is 0 Å². The van der Waals surface area contributed by atoms with Crippen molar-refractivity contribution in [2.24, 2.45) is 0 Å². The van der Waals surface area contributed by atoms with Crippen LogP contribution in [0.25, 0.3) is 0 Å². The summed E-state index contributed by atoms with van der Waals surface area (Å²) in [6, 6.07) is 25.6. The van der Waals surface area contributed by atoms with Gasteiger partial charge in [0.15, 0.2) is 0 Å². The Bertz CT molecular complexity index is 855. The van der Waals surface area contributed by atoms with E-state index in [0.717, 1.165) is 16.9 Å². The summed E-state index contributed by atoms with van der Waals surface area (Å²) in [7, 11) is 0. The Morgan fingerprint density at radius 1 is 0.885 bits per heavy atom. The van der Waals surface area contributed by atoms with Gasteiger partial charge in [-0.3, -0.25) is 0 Å². The van der Waals surface area contributed by atoms with Crippen LogP contribution in [0.5, 0.6) is 5.75 Å². The molecule has 0 radical (unpaired) electrons. The first-order valence-electron chi connectivity index (χ1n) is 8.43. The average Bonchev–Trinajstić information content (AvgIpc) is 2.70. The summed E-state index contributed by atoms with van der Waals surface area (Å²) in [6.07, 6.45) is 0. The Kier molecular flexibility index (Phi) is 5.97. The molecule has 0 heterocycles. The van der Waals surface area contributed by atoms with Crippen LogP contribution in [0.2, 0.25) is 0 Å². The van der Waals surface area contributed by atoms with Gasteiger partial charge in [-0.05, 0) is 47.5 Å². The fourth-order valence-corrected chi connectivity index (χ4v) is 2.73. The number of halogens is 1. The van der Waals surface area contributed by atoms with Gasteiger partial charge in [-0.1, -0.05) is 42.5 Å². The van der Waals surface area contributed by atoms with Gasteiger partial charge in [-0.15, -0.1) is 0 Å². The molecule has 1 atom stereocenters. The largest absolute Gasteiger partial charge is 0.492 e. The molecular weight excluding hydrogens is 327 g/mol. The highest BCUT2D eigenvalue weighted by Crippen LogP contribution is 2.22. The second kappa shape index (κ2) is 8.80. The van der Waals surface area contributed by atoms with E-state index in [1.165, 1.54) is 12.1 Å². The molecular formula is C22H19FN2O. The van der Waals surface area contributed by atoms with E-state index in [-0.39, 0.29) is 11.9 Å². The maximum absolute atomic E-state index is 13.2. The van der Waals surface area contributed by atoms with Gasteiger partial charge in [-0.25, -0.2) is 4.39 Å². The standard InChI is InChI=1S/C22H19FN2O/c23-20-10-8-19(9-11-20)22(18-4-2-1-3-5-18)25-14-15-26-21-12-6-17(16-24)7-13-21/h1-13,22,25H,14-15H2. The Morgan fingerprint density at radius 2 is 1.54 bits per heavy atom. The molecule has 26 heavy (non-hydrogen) atoms. The number of nitrogens with zero attached hydrogens (tertiary/aromatic N) is 1. The number of rotatable bonds is 7. The van der Waals surface area contributed by atoms with Crippen molar-refractivity contribution >= 4 is 0 Å². The van der Waals surface area contributed by atoms with Crippen LogP contribution in [0.3, 0.4) is 0 Å². The highest BCUT2D eigenvalue weighted by Gasteiger charge is 2.13. The summed E-state index contributed by atoms with van der Waals surface area (Å²) in [5, 5.41) is 12.3. The molecule has 0 aliphatic carbocycles. The van der Waals surface area contributed by atoms with Gasteiger partial charge in [0, 0.05) is 6.54 Å². The van der Waals surface area contributed by atoms with Crippen LogP contribution in [-0.2, 0) is 0 Å². The number of hydrogen-bond acceptors (Lipinski definition) is 3. The molecule has 1 N–H and O–H groups in total. The molecule has 4 heteroatoms. The topological polar surface area (TPSA) is 45.0 Å². The minimum Gasteiger partial charge on any atom is -0.492 e. The van der Waals surface area contributed by atoms with Crippen molar-refractivity contribution in [1.82, 2.24) is 5.32 Å². The molecule has 0 aliphatic heterocycles. The first kappa shape index (κ1) is 17.7. The summed E-state index contributed by atoms with van der Waals surface area (Å²) in [5.74, 6) is 0.480. The van der Waals surface area contributed by atoms with Crippen LogP contribution < -0.4 is 10.1 Å². The van der Waals surface area contributed by atoms with E-state index in [1.54, 1.807) is 36.4 Å². The number of hydrogen-bond donors (Lipinski definition) is 1. The molecule has 3 aromatic carbocycles. The smallest absolute Gasteiger partial charge is 0.123 e. The Hall–Kier alpha value is -3.16. The van der Waals surface area contributed by atoms with E-state index in [1.807, 2.05) is 30.3 Å². The Balaban J connectivity index is 1.62. The molecule has 0 aromatic heterocycles. The Labute approximate surface area is 152 Å². The SMILES string of the molecule is N#Cc1ccc(OCCNC(c2ccccc2)c2ccc(F)cc2)cc1. The first-order chi connectivity index (χ1) is 12.8. The molecule has 0 saturated heterocycles. The van der Waals surface area contributed by atoms with Gasteiger partial charge in [0.2, 0.25) is 0 Å². The van der Waals surface area contributed by atoms with E-state index < -0.39 is 0 Å². The van der Waals surface area contributed by atoms with Crippen molar-refractivity contribution in [2.75, 3.05) is 13.2 Å². The molecule has 3 nitrogen and oxygen atoms in total. The van der Waals surface area contributed by atoms with Gasteiger partial charge in [0.1, 0.15) is 18.2 Å². The molecule has 130 valence electrons. The second-order valence-corrected chi connectivity index (χ2v) is 5.83. The third-order valence-electron chi connectivity index (χ3n) is 4.04. The maximum atomic E-state index is 13.2. The van der Waals surface area contributed by atoms with E-state index >= 15 is 0 Å². The summed E-state index contributed by atoms with van der Waals surface area (Å²) >= 11 is 0. The summed E-state index contributed by atoms with van der Waals surface area (Å²) in [4.78, 5) is 0. The molecule has 0 bridgehead atoms. The minimum atomic E-state index is -0.246. The van der Waals surface area contributed by atoms with E-state index in [0.29, 0.717) is 18.7 Å². The highest BCUT2D eigenvalue weighted by atomic mass is 19.1. The lowest BCUT2D eigenvalue weighted by Gasteiger charge is -2.20. The molecule has 3 rings (SSSR count). The number of nitrogens with one attached hydrogen (secondary N) is 1. The van der Waals surface area contributed by atoms with Crippen molar-refractivity contribution in [1.29, 1.82) is 5.26 Å².